The number of sulfonamides is 1. The van der Waals surface area contributed by atoms with Crippen LogP contribution in [0.2, 0.25) is 0 Å². The number of benzene rings is 2. The zero-order chi connectivity index (χ0) is 27.9. The van der Waals surface area contributed by atoms with Crippen molar-refractivity contribution in [2.24, 2.45) is 5.92 Å². The molecule has 0 spiro atoms. The maximum Gasteiger partial charge on any atom is 0.271 e. The molecule has 0 fully saturated rings. The fourth-order valence-corrected chi connectivity index (χ4v) is 4.71. The smallest absolute Gasteiger partial charge is 0.271 e. The molecule has 0 aliphatic heterocycles. The monoisotopic (exact) mass is 532 g/mol. The van der Waals surface area contributed by atoms with E-state index in [-0.39, 0.29) is 29.7 Å². The first-order valence-electron chi connectivity index (χ1n) is 12.1. The SMILES string of the molecule is CC[C@H](C(=O)NCC(C)C)N(Cc1ccc(C)cc1)C(=O)CN(c1cc([N+](=O)[O-])ccc1C)S(C)(=O)=O. The number of nitro groups is 1. The molecule has 2 amide bonds. The van der Waals surface area contributed by atoms with Crippen molar-refractivity contribution in [3.05, 3.63) is 69.3 Å². The lowest BCUT2D eigenvalue weighted by Gasteiger charge is -2.33. The maximum atomic E-state index is 13.7. The normalized spacial score (nSPS) is 12.2. The molecule has 1 atom stereocenters. The summed E-state index contributed by atoms with van der Waals surface area (Å²) in [6, 6.07) is 10.5. The third-order valence-corrected chi connectivity index (χ3v) is 7.02. The predicted octanol–water partition coefficient (Wildman–Crippen LogP) is 3.56. The number of hydrogen-bond donors (Lipinski definition) is 1. The van der Waals surface area contributed by atoms with E-state index in [1.165, 1.54) is 17.0 Å². The van der Waals surface area contributed by atoms with Crippen LogP contribution in [0.3, 0.4) is 0 Å². The van der Waals surface area contributed by atoms with Gasteiger partial charge in [-0.15, -0.1) is 0 Å². The Morgan fingerprint density at radius 3 is 2.22 bits per heavy atom. The second-order valence-electron chi connectivity index (χ2n) is 9.57. The molecule has 10 nitrogen and oxygen atoms in total. The molecule has 0 aliphatic rings. The molecule has 0 unspecified atom stereocenters. The van der Waals surface area contributed by atoms with Crippen molar-refractivity contribution < 1.29 is 22.9 Å². The Kier molecular flexibility index (Phi) is 10.2. The lowest BCUT2D eigenvalue weighted by Crippen LogP contribution is -2.52. The van der Waals surface area contributed by atoms with Crippen LogP contribution in [0.1, 0.15) is 43.9 Å². The first kappa shape index (κ1) is 29.8. The van der Waals surface area contributed by atoms with Crippen LogP contribution >= 0.6 is 0 Å². The minimum Gasteiger partial charge on any atom is -0.354 e. The average Bonchev–Trinajstić information content (AvgIpc) is 2.81. The lowest BCUT2D eigenvalue weighted by molar-refractivity contribution is -0.384. The van der Waals surface area contributed by atoms with Crippen LogP contribution in [-0.2, 0) is 26.2 Å². The Hall–Kier alpha value is -3.47. The van der Waals surface area contributed by atoms with Crippen molar-refractivity contribution in [1.82, 2.24) is 10.2 Å². The molecule has 11 heteroatoms. The molecule has 2 rings (SSSR count). The summed E-state index contributed by atoms with van der Waals surface area (Å²) in [5, 5.41) is 14.2. The first-order valence-corrected chi connectivity index (χ1v) is 13.9. The third kappa shape index (κ3) is 8.28. The molecule has 37 heavy (non-hydrogen) atoms. The Balaban J connectivity index is 2.50. The number of hydrogen-bond acceptors (Lipinski definition) is 6. The number of amides is 2. The van der Waals surface area contributed by atoms with Gasteiger partial charge in [-0.05, 0) is 37.3 Å². The number of rotatable bonds is 12. The van der Waals surface area contributed by atoms with Gasteiger partial charge in [-0.3, -0.25) is 24.0 Å². The van der Waals surface area contributed by atoms with Crippen LogP contribution in [0, 0.1) is 29.9 Å². The van der Waals surface area contributed by atoms with Gasteiger partial charge in [0.05, 0.1) is 16.9 Å². The minimum atomic E-state index is -4.00. The predicted molar refractivity (Wildman–Crippen MR) is 144 cm³/mol. The van der Waals surface area contributed by atoms with Crippen molar-refractivity contribution in [3.63, 3.8) is 0 Å². The van der Waals surface area contributed by atoms with Crippen molar-refractivity contribution in [2.45, 2.75) is 53.6 Å². The summed E-state index contributed by atoms with van der Waals surface area (Å²) in [6.45, 7) is 9.17. The van der Waals surface area contributed by atoms with E-state index >= 15 is 0 Å². The van der Waals surface area contributed by atoms with Crippen LogP contribution in [0.15, 0.2) is 42.5 Å². The highest BCUT2D eigenvalue weighted by Gasteiger charge is 2.32. The maximum absolute atomic E-state index is 13.7. The summed E-state index contributed by atoms with van der Waals surface area (Å²) in [4.78, 5) is 38.9. The standard InChI is InChI=1S/C26H36N4O6S/c1-7-23(26(32)27-15-18(2)3)28(16-21-11-8-19(4)9-12-21)25(31)17-29(37(6,35)36)24-14-22(30(33)34)13-10-20(24)5/h8-14,18,23H,7,15-17H2,1-6H3,(H,27,32)/t23-/m1/s1. The summed E-state index contributed by atoms with van der Waals surface area (Å²) in [6.07, 6.45) is 1.26. The number of carbonyl (C=O) groups is 2. The number of non-ortho nitro benzene ring substituents is 1. The summed E-state index contributed by atoms with van der Waals surface area (Å²) < 4.78 is 26.4. The third-order valence-electron chi connectivity index (χ3n) is 5.90. The van der Waals surface area contributed by atoms with E-state index in [0.29, 0.717) is 18.5 Å². The lowest BCUT2D eigenvalue weighted by atomic mass is 10.1. The van der Waals surface area contributed by atoms with Gasteiger partial charge in [-0.2, -0.15) is 0 Å². The van der Waals surface area contributed by atoms with E-state index in [9.17, 15) is 28.1 Å². The zero-order valence-electron chi connectivity index (χ0n) is 22.2. The van der Waals surface area contributed by atoms with E-state index in [2.05, 4.69) is 5.32 Å². The van der Waals surface area contributed by atoms with E-state index in [4.69, 9.17) is 0 Å². The molecule has 0 saturated carbocycles. The highest BCUT2D eigenvalue weighted by atomic mass is 32.2. The van der Waals surface area contributed by atoms with Gasteiger partial charge in [0.25, 0.3) is 5.69 Å². The van der Waals surface area contributed by atoms with Crippen molar-refractivity contribution in [3.8, 4) is 0 Å². The Bertz CT molecular complexity index is 1230. The Morgan fingerprint density at radius 2 is 1.70 bits per heavy atom. The number of nitrogens with one attached hydrogen (secondary N) is 1. The van der Waals surface area contributed by atoms with E-state index < -0.39 is 33.4 Å². The molecule has 0 aromatic heterocycles. The van der Waals surface area contributed by atoms with Gasteiger partial charge in [0.15, 0.2) is 0 Å². The molecule has 0 bridgehead atoms. The average molecular weight is 533 g/mol. The zero-order valence-corrected chi connectivity index (χ0v) is 23.0. The minimum absolute atomic E-state index is 0.0395. The summed E-state index contributed by atoms with van der Waals surface area (Å²) in [5.74, 6) is -0.710. The molecule has 202 valence electrons. The summed E-state index contributed by atoms with van der Waals surface area (Å²) in [7, 11) is -4.00. The van der Waals surface area contributed by atoms with Gasteiger partial charge < -0.3 is 10.2 Å². The highest BCUT2D eigenvalue weighted by Crippen LogP contribution is 2.28. The van der Waals surface area contributed by atoms with Gasteiger partial charge in [0, 0.05) is 25.2 Å². The van der Waals surface area contributed by atoms with Crippen LogP contribution in [0.25, 0.3) is 0 Å². The van der Waals surface area contributed by atoms with E-state index in [1.54, 1.807) is 13.8 Å². The van der Waals surface area contributed by atoms with Gasteiger partial charge in [0.2, 0.25) is 21.8 Å². The summed E-state index contributed by atoms with van der Waals surface area (Å²) >= 11 is 0. The first-order chi connectivity index (χ1) is 17.2. The molecule has 0 saturated heterocycles. The molecule has 0 radical (unpaired) electrons. The number of nitrogens with zero attached hydrogens (tertiary/aromatic N) is 3. The second-order valence-corrected chi connectivity index (χ2v) is 11.5. The largest absolute Gasteiger partial charge is 0.354 e. The molecular formula is C26H36N4O6S. The quantitative estimate of drug-likeness (QED) is 0.329. The van der Waals surface area contributed by atoms with Crippen molar-refractivity contribution in [2.75, 3.05) is 23.7 Å². The second kappa shape index (κ2) is 12.7. The molecule has 2 aromatic rings. The van der Waals surface area contributed by atoms with Gasteiger partial charge in [-0.25, -0.2) is 8.42 Å². The van der Waals surface area contributed by atoms with Crippen LogP contribution < -0.4 is 9.62 Å². The Labute approximate surface area is 218 Å². The number of nitro benzene ring substituents is 1. The van der Waals surface area contributed by atoms with Crippen LogP contribution in [0.5, 0.6) is 0 Å². The fraction of sp³-hybridized carbons (Fsp3) is 0.462. The number of anilines is 1. The van der Waals surface area contributed by atoms with Crippen molar-refractivity contribution in [1.29, 1.82) is 0 Å². The van der Waals surface area contributed by atoms with E-state index in [0.717, 1.165) is 27.8 Å². The topological polar surface area (TPSA) is 130 Å². The molecule has 1 N–H and O–H groups in total. The van der Waals surface area contributed by atoms with Crippen LogP contribution in [0.4, 0.5) is 11.4 Å². The van der Waals surface area contributed by atoms with Crippen molar-refractivity contribution >= 4 is 33.2 Å². The molecule has 2 aromatic carbocycles. The van der Waals surface area contributed by atoms with Gasteiger partial charge in [0.1, 0.15) is 12.6 Å². The number of aryl methyl sites for hydroxylation is 2. The number of carbonyl (C=O) groups excluding carboxylic acids is 2. The Morgan fingerprint density at radius 1 is 1.08 bits per heavy atom. The molecule has 0 aliphatic carbocycles. The van der Waals surface area contributed by atoms with E-state index in [1.807, 2.05) is 45.0 Å². The van der Waals surface area contributed by atoms with Gasteiger partial charge >= 0.3 is 0 Å². The molecular weight excluding hydrogens is 496 g/mol. The van der Waals surface area contributed by atoms with Crippen LogP contribution in [-0.4, -0.2) is 55.4 Å². The highest BCUT2D eigenvalue weighted by molar-refractivity contribution is 7.92. The summed E-state index contributed by atoms with van der Waals surface area (Å²) in [5.41, 5.74) is 2.02. The fourth-order valence-electron chi connectivity index (χ4n) is 3.81. The van der Waals surface area contributed by atoms with Gasteiger partial charge in [-0.1, -0.05) is 56.7 Å². The molecule has 0 heterocycles.